The molecule has 0 spiro atoms. The topological polar surface area (TPSA) is 77.1 Å². The van der Waals surface area contributed by atoms with Crippen LogP contribution in [0, 0.1) is 0 Å². The number of furan rings is 1. The average Bonchev–Trinajstić information content (AvgIpc) is 3.58. The van der Waals surface area contributed by atoms with Gasteiger partial charge in [-0.05, 0) is 47.2 Å². The number of nitrogens with zero attached hydrogens (tertiary/aromatic N) is 2. The van der Waals surface area contributed by atoms with Gasteiger partial charge in [0.2, 0.25) is 5.91 Å². The van der Waals surface area contributed by atoms with E-state index in [0.29, 0.717) is 32.4 Å². The number of fused-ring (bicyclic) bond motifs is 2. The molecule has 3 aromatic heterocycles. The highest BCUT2D eigenvalue weighted by Gasteiger charge is 2.20. The number of hydrogen-bond donors (Lipinski definition) is 1. The smallest absolute Gasteiger partial charge is 0.268 e. The van der Waals surface area contributed by atoms with Gasteiger partial charge in [0.15, 0.2) is 5.16 Å². The van der Waals surface area contributed by atoms with Gasteiger partial charge in [0.05, 0.1) is 23.1 Å². The number of aromatic nitrogens is 2. The average molecular weight is 510 g/mol. The number of anilines is 1. The lowest BCUT2D eigenvalue weighted by Gasteiger charge is -2.12. The fourth-order valence-electron chi connectivity index (χ4n) is 4.08. The van der Waals surface area contributed by atoms with E-state index >= 15 is 0 Å². The first-order chi connectivity index (χ1) is 17.7. The fourth-order valence-corrected chi connectivity index (χ4v) is 5.86. The number of rotatable bonds is 6. The highest BCUT2D eigenvalue weighted by atomic mass is 32.2. The maximum absolute atomic E-state index is 13.8. The van der Waals surface area contributed by atoms with Crippen molar-refractivity contribution in [2.75, 3.05) is 11.1 Å². The first kappa shape index (κ1) is 22.3. The molecule has 0 saturated carbocycles. The summed E-state index contributed by atoms with van der Waals surface area (Å²) in [7, 11) is 0. The third kappa shape index (κ3) is 4.21. The number of thiophene rings is 1. The summed E-state index contributed by atoms with van der Waals surface area (Å²) in [6, 6.07) is 26.8. The van der Waals surface area contributed by atoms with Crippen molar-refractivity contribution in [2.24, 2.45) is 0 Å². The number of benzene rings is 3. The molecule has 0 aliphatic carbocycles. The molecular formula is C28H19N3O3S2. The van der Waals surface area contributed by atoms with E-state index in [1.54, 1.807) is 16.9 Å². The van der Waals surface area contributed by atoms with Crippen LogP contribution in [0.5, 0.6) is 0 Å². The molecule has 176 valence electrons. The Bertz CT molecular complexity index is 1760. The number of carbonyl (C=O) groups excluding carboxylic acids is 1. The SMILES string of the molecule is O=C(CSc1nc2scc(-c3ccco3)c2c(=O)n1-c1ccccc1)Nc1ccc2ccccc2c1. The number of nitrogens with one attached hydrogen (secondary N) is 1. The van der Waals surface area contributed by atoms with Crippen molar-refractivity contribution in [3.05, 3.63) is 107 Å². The number of carbonyl (C=O) groups is 1. The Morgan fingerprint density at radius 2 is 1.78 bits per heavy atom. The van der Waals surface area contributed by atoms with E-state index in [4.69, 9.17) is 9.40 Å². The molecule has 8 heteroatoms. The van der Waals surface area contributed by atoms with Gasteiger partial charge in [0.1, 0.15) is 10.6 Å². The Morgan fingerprint density at radius 3 is 2.58 bits per heavy atom. The second-order valence-corrected chi connectivity index (χ2v) is 9.88. The van der Waals surface area contributed by atoms with E-state index in [-0.39, 0.29) is 17.2 Å². The molecule has 3 aromatic carbocycles. The van der Waals surface area contributed by atoms with Gasteiger partial charge in [-0.25, -0.2) is 4.98 Å². The minimum atomic E-state index is -0.198. The van der Waals surface area contributed by atoms with Crippen LogP contribution >= 0.6 is 23.1 Å². The molecule has 0 unspecified atom stereocenters. The maximum Gasteiger partial charge on any atom is 0.268 e. The molecule has 0 aliphatic rings. The van der Waals surface area contributed by atoms with Crippen molar-refractivity contribution in [1.82, 2.24) is 9.55 Å². The van der Waals surface area contributed by atoms with E-state index in [0.717, 1.165) is 16.5 Å². The molecule has 3 heterocycles. The van der Waals surface area contributed by atoms with Crippen molar-refractivity contribution < 1.29 is 9.21 Å². The summed E-state index contributed by atoms with van der Waals surface area (Å²) >= 11 is 2.62. The summed E-state index contributed by atoms with van der Waals surface area (Å²) in [5.41, 5.74) is 1.93. The second kappa shape index (κ2) is 9.49. The molecule has 0 radical (unpaired) electrons. The molecule has 0 saturated heterocycles. The molecule has 0 bridgehead atoms. The Morgan fingerprint density at radius 1 is 0.972 bits per heavy atom. The standard InChI is InChI=1S/C28H19N3O3S2/c32-24(29-20-13-12-18-7-4-5-8-19(18)15-20)17-36-28-30-26-25(22(16-35-26)23-11-6-14-34-23)27(33)31(28)21-9-2-1-3-10-21/h1-16H,17H2,(H,29,32). The zero-order chi connectivity index (χ0) is 24.5. The molecule has 6 aromatic rings. The van der Waals surface area contributed by atoms with Crippen LogP contribution < -0.4 is 10.9 Å². The molecule has 0 fully saturated rings. The van der Waals surface area contributed by atoms with E-state index in [1.165, 1.54) is 23.1 Å². The fraction of sp³-hybridized carbons (Fsp3) is 0.0357. The summed E-state index contributed by atoms with van der Waals surface area (Å²) in [6.07, 6.45) is 1.58. The number of hydrogen-bond acceptors (Lipinski definition) is 6. The number of thioether (sulfide) groups is 1. The normalized spacial score (nSPS) is 11.2. The van der Waals surface area contributed by atoms with Gasteiger partial charge in [0, 0.05) is 16.6 Å². The zero-order valence-electron chi connectivity index (χ0n) is 18.9. The highest BCUT2D eigenvalue weighted by molar-refractivity contribution is 7.99. The third-order valence-corrected chi connectivity index (χ3v) is 7.55. The summed E-state index contributed by atoms with van der Waals surface area (Å²) in [4.78, 5) is 32.0. The van der Waals surface area contributed by atoms with Crippen molar-refractivity contribution in [1.29, 1.82) is 0 Å². The van der Waals surface area contributed by atoms with Crippen molar-refractivity contribution in [3.63, 3.8) is 0 Å². The number of amides is 1. The van der Waals surface area contributed by atoms with Gasteiger partial charge in [0.25, 0.3) is 5.56 Å². The van der Waals surface area contributed by atoms with Crippen LogP contribution in [0.15, 0.2) is 111 Å². The molecule has 6 nitrogen and oxygen atoms in total. The Kier molecular flexibility index (Phi) is 5.88. The maximum atomic E-state index is 13.8. The molecular weight excluding hydrogens is 490 g/mol. The predicted molar refractivity (Wildman–Crippen MR) is 146 cm³/mol. The van der Waals surface area contributed by atoms with Gasteiger partial charge >= 0.3 is 0 Å². The van der Waals surface area contributed by atoms with Gasteiger partial charge < -0.3 is 9.73 Å². The van der Waals surface area contributed by atoms with Crippen LogP contribution in [0.2, 0.25) is 0 Å². The largest absolute Gasteiger partial charge is 0.464 e. The monoisotopic (exact) mass is 509 g/mol. The van der Waals surface area contributed by atoms with Crippen molar-refractivity contribution in [2.45, 2.75) is 5.16 Å². The molecule has 6 rings (SSSR count). The van der Waals surface area contributed by atoms with E-state index in [1.807, 2.05) is 84.2 Å². The zero-order valence-corrected chi connectivity index (χ0v) is 20.5. The summed E-state index contributed by atoms with van der Waals surface area (Å²) in [5.74, 6) is 0.551. The molecule has 1 N–H and O–H groups in total. The van der Waals surface area contributed by atoms with E-state index < -0.39 is 0 Å². The molecule has 0 atom stereocenters. The van der Waals surface area contributed by atoms with Gasteiger partial charge in [-0.3, -0.25) is 14.2 Å². The highest BCUT2D eigenvalue weighted by Crippen LogP contribution is 2.33. The van der Waals surface area contributed by atoms with E-state index in [2.05, 4.69) is 5.32 Å². The van der Waals surface area contributed by atoms with Crippen LogP contribution in [0.3, 0.4) is 0 Å². The van der Waals surface area contributed by atoms with Crippen LogP contribution in [0.1, 0.15) is 0 Å². The summed E-state index contributed by atoms with van der Waals surface area (Å²) in [6.45, 7) is 0. The molecule has 1 amide bonds. The first-order valence-corrected chi connectivity index (χ1v) is 13.1. The van der Waals surface area contributed by atoms with Crippen LogP contribution in [-0.2, 0) is 4.79 Å². The lowest BCUT2D eigenvalue weighted by Crippen LogP contribution is -2.22. The number of para-hydroxylation sites is 1. The van der Waals surface area contributed by atoms with Crippen molar-refractivity contribution in [3.8, 4) is 17.0 Å². The molecule has 36 heavy (non-hydrogen) atoms. The minimum absolute atomic E-state index is 0.105. The Labute approximate surface area is 214 Å². The van der Waals surface area contributed by atoms with Gasteiger partial charge in [-0.2, -0.15) is 0 Å². The summed E-state index contributed by atoms with van der Waals surface area (Å²) < 4.78 is 7.12. The quantitative estimate of drug-likeness (QED) is 0.202. The van der Waals surface area contributed by atoms with Gasteiger partial charge in [-0.15, -0.1) is 11.3 Å². The van der Waals surface area contributed by atoms with Crippen LogP contribution in [-0.4, -0.2) is 21.2 Å². The first-order valence-electron chi connectivity index (χ1n) is 11.2. The second-order valence-electron chi connectivity index (χ2n) is 8.08. The third-order valence-electron chi connectivity index (χ3n) is 5.74. The Hall–Kier alpha value is -4.14. The lowest BCUT2D eigenvalue weighted by molar-refractivity contribution is -0.113. The minimum Gasteiger partial charge on any atom is -0.464 e. The van der Waals surface area contributed by atoms with Crippen LogP contribution in [0.25, 0.3) is 38.0 Å². The van der Waals surface area contributed by atoms with Crippen LogP contribution in [0.4, 0.5) is 5.69 Å². The van der Waals surface area contributed by atoms with Gasteiger partial charge in [-0.1, -0.05) is 60.3 Å². The summed E-state index contributed by atoms with van der Waals surface area (Å²) in [5, 5.41) is 7.96. The predicted octanol–water partition coefficient (Wildman–Crippen LogP) is 6.59. The molecule has 0 aliphatic heterocycles. The lowest BCUT2D eigenvalue weighted by atomic mass is 10.1. The van der Waals surface area contributed by atoms with Crippen molar-refractivity contribution >= 4 is 55.7 Å². The van der Waals surface area contributed by atoms with E-state index in [9.17, 15) is 9.59 Å². The Balaban J connectivity index is 1.33.